The molecule has 0 aromatic carbocycles. The fourth-order valence-electron chi connectivity index (χ4n) is 7.60. The molecule has 58 heavy (non-hydrogen) atoms. The second-order valence-corrected chi connectivity index (χ2v) is 17.4. The number of carbonyl (C=O) groups excluding carboxylic acids is 2. The number of unbranched alkanes of at least 4 members (excludes halogenated alkanes) is 33. The number of esters is 2. The smallest absolute Gasteiger partial charge is 0.306 e. The number of rotatable bonds is 48. The van der Waals surface area contributed by atoms with Crippen molar-refractivity contribution in [3.8, 4) is 0 Å². The van der Waals surface area contributed by atoms with Crippen LogP contribution in [0.25, 0.3) is 0 Å². The van der Waals surface area contributed by atoms with Gasteiger partial charge >= 0.3 is 11.9 Å². The molecule has 0 amide bonds. The maximum absolute atomic E-state index is 12.6. The third kappa shape index (κ3) is 47.1. The molecule has 0 saturated carbocycles. The molecule has 0 fully saturated rings. The summed E-state index contributed by atoms with van der Waals surface area (Å²) >= 11 is 0. The van der Waals surface area contributed by atoms with Crippen LogP contribution in [0.1, 0.15) is 278 Å². The minimum Gasteiger partial charge on any atom is -0.462 e. The van der Waals surface area contributed by atoms with Gasteiger partial charge in [0, 0.05) is 19.4 Å². The fourth-order valence-corrected chi connectivity index (χ4v) is 7.60. The first-order valence-electron chi connectivity index (χ1n) is 25.9. The van der Waals surface area contributed by atoms with E-state index < -0.39 is 6.10 Å². The van der Waals surface area contributed by atoms with Crippen molar-refractivity contribution in [2.45, 2.75) is 284 Å². The summed E-state index contributed by atoms with van der Waals surface area (Å²) in [7, 11) is 0. The van der Waals surface area contributed by atoms with Gasteiger partial charge in [-0.3, -0.25) is 9.59 Å². The van der Waals surface area contributed by atoms with Gasteiger partial charge < -0.3 is 14.2 Å². The van der Waals surface area contributed by atoms with Crippen molar-refractivity contribution >= 4 is 11.9 Å². The molecule has 0 aliphatic heterocycles. The van der Waals surface area contributed by atoms with Crippen molar-refractivity contribution in [2.24, 2.45) is 0 Å². The predicted molar refractivity (Wildman–Crippen MR) is 252 cm³/mol. The predicted octanol–water partition coefficient (Wildman–Crippen LogP) is 17.2. The van der Waals surface area contributed by atoms with Crippen molar-refractivity contribution in [3.05, 3.63) is 24.3 Å². The van der Waals surface area contributed by atoms with Crippen LogP contribution in [0.15, 0.2) is 24.3 Å². The Hall–Kier alpha value is -1.62. The van der Waals surface area contributed by atoms with Crippen LogP contribution >= 0.6 is 0 Å². The third-order valence-corrected chi connectivity index (χ3v) is 11.5. The largest absolute Gasteiger partial charge is 0.462 e. The van der Waals surface area contributed by atoms with Gasteiger partial charge in [-0.2, -0.15) is 0 Å². The second-order valence-electron chi connectivity index (χ2n) is 17.4. The van der Waals surface area contributed by atoms with Crippen molar-refractivity contribution in [2.75, 3.05) is 19.8 Å². The van der Waals surface area contributed by atoms with Crippen molar-refractivity contribution < 1.29 is 23.8 Å². The zero-order chi connectivity index (χ0) is 42.1. The molecule has 0 bridgehead atoms. The maximum atomic E-state index is 12.6. The van der Waals surface area contributed by atoms with E-state index in [-0.39, 0.29) is 18.5 Å². The summed E-state index contributed by atoms with van der Waals surface area (Å²) in [6.45, 7) is 7.78. The van der Waals surface area contributed by atoms with Gasteiger partial charge in [-0.1, -0.05) is 238 Å². The van der Waals surface area contributed by atoms with Crippen LogP contribution in [0.5, 0.6) is 0 Å². The van der Waals surface area contributed by atoms with Gasteiger partial charge in [0.15, 0.2) is 6.10 Å². The first-order chi connectivity index (χ1) is 28.6. The van der Waals surface area contributed by atoms with E-state index in [0.717, 1.165) is 51.4 Å². The molecular formula is C53H100O5. The van der Waals surface area contributed by atoms with Gasteiger partial charge in [0.1, 0.15) is 6.61 Å². The monoisotopic (exact) mass is 817 g/mol. The molecule has 342 valence electrons. The molecule has 5 heteroatoms. The quantitative estimate of drug-likeness (QED) is 0.0348. The number of hydrogen-bond donors (Lipinski definition) is 0. The molecule has 5 nitrogen and oxygen atoms in total. The fraction of sp³-hybridized carbons (Fsp3) is 0.887. The van der Waals surface area contributed by atoms with Crippen molar-refractivity contribution in [1.82, 2.24) is 0 Å². The van der Waals surface area contributed by atoms with E-state index in [0.29, 0.717) is 26.1 Å². The highest BCUT2D eigenvalue weighted by molar-refractivity contribution is 5.70. The first kappa shape index (κ1) is 56.4. The Balaban J connectivity index is 3.96. The molecule has 0 saturated heterocycles. The molecule has 0 aromatic heterocycles. The Bertz CT molecular complexity index is 882. The molecule has 0 aliphatic rings. The van der Waals surface area contributed by atoms with Crippen LogP contribution in [0.3, 0.4) is 0 Å². The summed E-state index contributed by atoms with van der Waals surface area (Å²) in [5.41, 5.74) is 0. The van der Waals surface area contributed by atoms with Gasteiger partial charge in [-0.25, -0.2) is 0 Å². The van der Waals surface area contributed by atoms with Crippen LogP contribution in [-0.2, 0) is 23.8 Å². The van der Waals surface area contributed by atoms with Crippen LogP contribution in [-0.4, -0.2) is 37.9 Å². The van der Waals surface area contributed by atoms with Gasteiger partial charge in [-0.05, 0) is 51.4 Å². The molecule has 0 rings (SSSR count). The number of hydrogen-bond acceptors (Lipinski definition) is 5. The minimum absolute atomic E-state index is 0.0902. The highest BCUT2D eigenvalue weighted by Crippen LogP contribution is 2.16. The molecule has 1 atom stereocenters. The average molecular weight is 817 g/mol. The summed E-state index contributed by atoms with van der Waals surface area (Å²) in [6.07, 6.45) is 57.9. The van der Waals surface area contributed by atoms with Gasteiger partial charge in [0.25, 0.3) is 0 Å². The lowest BCUT2D eigenvalue weighted by molar-refractivity contribution is -0.163. The first-order valence-corrected chi connectivity index (χ1v) is 25.9. The van der Waals surface area contributed by atoms with Crippen LogP contribution < -0.4 is 0 Å². The van der Waals surface area contributed by atoms with E-state index in [4.69, 9.17) is 14.2 Å². The topological polar surface area (TPSA) is 61.8 Å². The van der Waals surface area contributed by atoms with Gasteiger partial charge in [0.05, 0.1) is 6.61 Å². The van der Waals surface area contributed by atoms with Crippen LogP contribution in [0.2, 0.25) is 0 Å². The van der Waals surface area contributed by atoms with E-state index >= 15 is 0 Å². The molecule has 0 aromatic rings. The Morgan fingerprint density at radius 2 is 0.724 bits per heavy atom. The summed E-state index contributed by atoms with van der Waals surface area (Å²) in [5, 5.41) is 0. The molecule has 0 N–H and O–H groups in total. The SMILES string of the molecule is CCCCC/C=C\C/C=C\CCCCCCCCCCCCOCC(COC(=O)CCCCCCCCCCCCCCCCCCC)OC(=O)CCCCCCC. The molecule has 0 radical (unpaired) electrons. The zero-order valence-electron chi connectivity index (χ0n) is 39.3. The Morgan fingerprint density at radius 1 is 0.379 bits per heavy atom. The molecule has 0 heterocycles. The van der Waals surface area contributed by atoms with Crippen LogP contribution in [0.4, 0.5) is 0 Å². The number of carbonyl (C=O) groups is 2. The Morgan fingerprint density at radius 3 is 1.17 bits per heavy atom. The average Bonchev–Trinajstić information content (AvgIpc) is 3.22. The van der Waals surface area contributed by atoms with Gasteiger partial charge in [0.2, 0.25) is 0 Å². The van der Waals surface area contributed by atoms with E-state index in [1.165, 1.54) is 193 Å². The molecule has 0 aliphatic carbocycles. The van der Waals surface area contributed by atoms with E-state index in [1.54, 1.807) is 0 Å². The summed E-state index contributed by atoms with van der Waals surface area (Å²) < 4.78 is 17.3. The highest BCUT2D eigenvalue weighted by atomic mass is 16.6. The minimum atomic E-state index is -0.527. The second kappa shape index (κ2) is 49.7. The number of ether oxygens (including phenoxy) is 3. The van der Waals surface area contributed by atoms with Gasteiger partial charge in [-0.15, -0.1) is 0 Å². The summed E-state index contributed by atoms with van der Waals surface area (Å²) in [5.74, 6) is -0.395. The maximum Gasteiger partial charge on any atom is 0.306 e. The highest BCUT2D eigenvalue weighted by Gasteiger charge is 2.17. The van der Waals surface area contributed by atoms with E-state index in [1.807, 2.05) is 0 Å². The third-order valence-electron chi connectivity index (χ3n) is 11.5. The summed E-state index contributed by atoms with van der Waals surface area (Å²) in [6, 6.07) is 0. The normalized spacial score (nSPS) is 12.3. The molecular weight excluding hydrogens is 717 g/mol. The Kier molecular flexibility index (Phi) is 48.4. The zero-order valence-corrected chi connectivity index (χ0v) is 39.3. The molecule has 1 unspecified atom stereocenters. The number of allylic oxidation sites excluding steroid dienone is 4. The van der Waals surface area contributed by atoms with E-state index in [2.05, 4.69) is 45.1 Å². The van der Waals surface area contributed by atoms with Crippen molar-refractivity contribution in [1.29, 1.82) is 0 Å². The van der Waals surface area contributed by atoms with E-state index in [9.17, 15) is 9.59 Å². The Labute approximate surface area is 362 Å². The standard InChI is InChI=1S/C53H100O5/c1-4-7-10-13-15-17-19-21-23-25-26-27-29-31-33-35-37-39-42-45-48-56-49-51(58-53(55)47-44-40-12-9-6-3)50-57-52(54)46-43-41-38-36-34-32-30-28-24-22-20-18-16-14-11-8-5-2/h15,17,21,23,51H,4-14,16,18-20,22,24-50H2,1-3H3/b17-15-,23-21-. The molecule has 0 spiro atoms. The lowest BCUT2D eigenvalue weighted by Gasteiger charge is -2.18. The van der Waals surface area contributed by atoms with Crippen LogP contribution in [0, 0.1) is 0 Å². The lowest BCUT2D eigenvalue weighted by atomic mass is 10.0. The summed E-state index contributed by atoms with van der Waals surface area (Å²) in [4.78, 5) is 25.1. The van der Waals surface area contributed by atoms with Crippen molar-refractivity contribution in [3.63, 3.8) is 0 Å². The lowest BCUT2D eigenvalue weighted by Crippen LogP contribution is -2.30.